The van der Waals surface area contributed by atoms with E-state index in [0.29, 0.717) is 19.0 Å². The lowest BCUT2D eigenvalue weighted by Gasteiger charge is -2.13. The number of aryl methyl sites for hydroxylation is 1. The molecule has 0 saturated heterocycles. The van der Waals surface area contributed by atoms with Crippen LogP contribution in [0.25, 0.3) is 0 Å². The van der Waals surface area contributed by atoms with Gasteiger partial charge < -0.3 is 15.4 Å². The van der Waals surface area contributed by atoms with E-state index in [1.54, 1.807) is 13.2 Å². The molecule has 0 aliphatic heterocycles. The van der Waals surface area contributed by atoms with Gasteiger partial charge in [0.15, 0.2) is 5.96 Å². The van der Waals surface area contributed by atoms with E-state index in [4.69, 9.17) is 4.74 Å². The van der Waals surface area contributed by atoms with Crippen molar-refractivity contribution >= 4 is 29.9 Å². The second-order valence-electron chi connectivity index (χ2n) is 5.17. The van der Waals surface area contributed by atoms with Crippen LogP contribution in [0.1, 0.15) is 23.6 Å². The maximum Gasteiger partial charge on any atom is 0.218 e. The Morgan fingerprint density at radius 3 is 2.50 bits per heavy atom. The van der Waals surface area contributed by atoms with Crippen LogP contribution >= 0.6 is 24.0 Å². The Labute approximate surface area is 161 Å². The molecular weight excluding hydrogens is 415 g/mol. The summed E-state index contributed by atoms with van der Waals surface area (Å²) in [6.45, 7) is 5.97. The van der Waals surface area contributed by atoms with Crippen LogP contribution in [0.5, 0.6) is 5.88 Å². The number of benzene rings is 1. The molecule has 0 fully saturated rings. The first kappa shape index (κ1) is 20.2. The van der Waals surface area contributed by atoms with Crippen molar-refractivity contribution in [2.24, 2.45) is 4.99 Å². The summed E-state index contributed by atoms with van der Waals surface area (Å²) in [5.41, 5.74) is 3.49. The summed E-state index contributed by atoms with van der Waals surface area (Å²) < 4.78 is 5.53. The normalized spacial score (nSPS) is 10.7. The fourth-order valence-corrected chi connectivity index (χ4v) is 2.12. The van der Waals surface area contributed by atoms with Crippen LogP contribution in [-0.2, 0) is 13.1 Å². The van der Waals surface area contributed by atoms with Crippen LogP contribution in [0.4, 0.5) is 0 Å². The zero-order chi connectivity index (χ0) is 16.5. The molecule has 0 amide bonds. The van der Waals surface area contributed by atoms with Crippen LogP contribution in [0.3, 0.4) is 0 Å². The van der Waals surface area contributed by atoms with E-state index in [1.165, 1.54) is 11.1 Å². The molecule has 1 aromatic heterocycles. The summed E-state index contributed by atoms with van der Waals surface area (Å²) in [5.74, 6) is 1.41. The lowest BCUT2D eigenvalue weighted by atomic mass is 10.1. The molecule has 0 spiro atoms. The molecule has 0 unspecified atom stereocenters. The number of hydrogen-bond acceptors (Lipinski definition) is 3. The third-order valence-electron chi connectivity index (χ3n) is 3.38. The van der Waals surface area contributed by atoms with E-state index < -0.39 is 0 Å². The average molecular weight is 440 g/mol. The van der Waals surface area contributed by atoms with Crippen molar-refractivity contribution in [1.29, 1.82) is 0 Å². The molecule has 2 aromatic rings. The third-order valence-corrected chi connectivity index (χ3v) is 3.38. The molecule has 24 heavy (non-hydrogen) atoms. The van der Waals surface area contributed by atoms with Crippen molar-refractivity contribution in [3.63, 3.8) is 0 Å². The van der Waals surface area contributed by atoms with Crippen LogP contribution < -0.4 is 15.4 Å². The van der Waals surface area contributed by atoms with Gasteiger partial charge in [0.2, 0.25) is 5.88 Å². The Bertz CT molecular complexity index is 644. The number of nitrogens with one attached hydrogen (secondary N) is 2. The molecule has 1 aromatic carbocycles. The second-order valence-corrected chi connectivity index (χ2v) is 5.17. The van der Waals surface area contributed by atoms with Gasteiger partial charge in [0, 0.05) is 31.9 Å². The SMILES string of the molecule is CCOc1ncccc1CNC(=NC)NCc1ccc(C)cc1.I. The number of aromatic nitrogens is 1. The smallest absolute Gasteiger partial charge is 0.218 e. The number of aliphatic imine (C=N–C) groups is 1. The van der Waals surface area contributed by atoms with E-state index in [-0.39, 0.29) is 24.0 Å². The number of guanidine groups is 1. The van der Waals surface area contributed by atoms with E-state index >= 15 is 0 Å². The Balaban J connectivity index is 0.00000288. The maximum absolute atomic E-state index is 5.53. The number of halogens is 1. The van der Waals surface area contributed by atoms with Crippen molar-refractivity contribution in [3.05, 3.63) is 59.3 Å². The Hall–Kier alpha value is -1.83. The molecule has 2 N–H and O–H groups in total. The quantitative estimate of drug-likeness (QED) is 0.411. The number of hydrogen-bond donors (Lipinski definition) is 2. The van der Waals surface area contributed by atoms with Gasteiger partial charge in [-0.15, -0.1) is 24.0 Å². The highest BCUT2D eigenvalue weighted by atomic mass is 127. The number of nitrogens with zero attached hydrogens (tertiary/aromatic N) is 2. The van der Waals surface area contributed by atoms with Crippen molar-refractivity contribution < 1.29 is 4.74 Å². The van der Waals surface area contributed by atoms with Crippen LogP contribution in [0.15, 0.2) is 47.6 Å². The van der Waals surface area contributed by atoms with Gasteiger partial charge in [-0.3, -0.25) is 4.99 Å². The van der Waals surface area contributed by atoms with Crippen molar-refractivity contribution in [2.45, 2.75) is 26.9 Å². The summed E-state index contributed by atoms with van der Waals surface area (Å²) in [6.07, 6.45) is 1.74. The molecule has 1 heterocycles. The monoisotopic (exact) mass is 440 g/mol. The zero-order valence-electron chi connectivity index (χ0n) is 14.4. The molecule has 0 saturated carbocycles. The highest BCUT2D eigenvalue weighted by Gasteiger charge is 2.05. The predicted octanol–water partition coefficient (Wildman–Crippen LogP) is 3.27. The van der Waals surface area contributed by atoms with Crippen molar-refractivity contribution in [3.8, 4) is 5.88 Å². The number of pyridine rings is 1. The Morgan fingerprint density at radius 2 is 1.83 bits per heavy atom. The van der Waals surface area contributed by atoms with Gasteiger partial charge in [-0.2, -0.15) is 0 Å². The summed E-state index contributed by atoms with van der Waals surface area (Å²) in [5, 5.41) is 6.59. The molecule has 5 nitrogen and oxygen atoms in total. The first-order chi connectivity index (χ1) is 11.2. The van der Waals surface area contributed by atoms with Gasteiger partial charge in [-0.25, -0.2) is 4.98 Å². The molecular formula is C18H25IN4O. The Morgan fingerprint density at radius 1 is 1.12 bits per heavy atom. The number of ether oxygens (including phenoxy) is 1. The molecule has 130 valence electrons. The predicted molar refractivity (Wildman–Crippen MR) is 109 cm³/mol. The molecule has 0 aliphatic carbocycles. The van der Waals surface area contributed by atoms with Gasteiger partial charge in [-0.1, -0.05) is 35.9 Å². The largest absolute Gasteiger partial charge is 0.478 e. The van der Waals surface area contributed by atoms with Gasteiger partial charge >= 0.3 is 0 Å². The lowest BCUT2D eigenvalue weighted by molar-refractivity contribution is 0.322. The minimum Gasteiger partial charge on any atom is -0.478 e. The van der Waals surface area contributed by atoms with Gasteiger partial charge in [-0.05, 0) is 25.5 Å². The number of rotatable bonds is 6. The van der Waals surface area contributed by atoms with Crippen LogP contribution in [0, 0.1) is 6.92 Å². The second kappa shape index (κ2) is 10.9. The molecule has 2 rings (SSSR count). The Kier molecular flexibility index (Phi) is 9.14. The molecule has 0 atom stereocenters. The first-order valence-corrected chi connectivity index (χ1v) is 7.79. The van der Waals surface area contributed by atoms with Crippen LogP contribution in [0.2, 0.25) is 0 Å². The van der Waals surface area contributed by atoms with Gasteiger partial charge in [0.1, 0.15) is 0 Å². The molecule has 0 radical (unpaired) electrons. The molecule has 6 heteroatoms. The average Bonchev–Trinajstić information content (AvgIpc) is 2.58. The van der Waals surface area contributed by atoms with Crippen LogP contribution in [-0.4, -0.2) is 24.6 Å². The third kappa shape index (κ3) is 6.35. The maximum atomic E-state index is 5.53. The highest BCUT2D eigenvalue weighted by Crippen LogP contribution is 2.13. The first-order valence-electron chi connectivity index (χ1n) is 7.79. The van der Waals surface area contributed by atoms with E-state index in [0.717, 1.165) is 18.1 Å². The summed E-state index contributed by atoms with van der Waals surface area (Å²) in [6, 6.07) is 12.3. The molecule has 0 aliphatic rings. The van der Waals surface area contributed by atoms with Gasteiger partial charge in [0.05, 0.1) is 6.61 Å². The standard InChI is InChI=1S/C18H24N4O.HI/c1-4-23-17-16(6-5-11-20-17)13-22-18(19-3)21-12-15-9-7-14(2)8-10-15;/h5-11H,4,12-13H2,1-3H3,(H2,19,21,22);1H. The van der Waals surface area contributed by atoms with E-state index in [1.807, 2.05) is 19.1 Å². The van der Waals surface area contributed by atoms with E-state index in [9.17, 15) is 0 Å². The topological polar surface area (TPSA) is 58.5 Å². The van der Waals surface area contributed by atoms with Crippen molar-refractivity contribution in [2.75, 3.05) is 13.7 Å². The minimum atomic E-state index is 0. The van der Waals surface area contributed by atoms with Gasteiger partial charge in [0.25, 0.3) is 0 Å². The van der Waals surface area contributed by atoms with E-state index in [2.05, 4.69) is 51.8 Å². The summed E-state index contributed by atoms with van der Waals surface area (Å²) >= 11 is 0. The fraction of sp³-hybridized carbons (Fsp3) is 0.333. The minimum absolute atomic E-state index is 0. The lowest BCUT2D eigenvalue weighted by Crippen LogP contribution is -2.36. The highest BCUT2D eigenvalue weighted by molar-refractivity contribution is 14.0. The summed E-state index contributed by atoms with van der Waals surface area (Å²) in [7, 11) is 1.76. The molecule has 0 bridgehead atoms. The summed E-state index contributed by atoms with van der Waals surface area (Å²) in [4.78, 5) is 8.50. The zero-order valence-corrected chi connectivity index (χ0v) is 16.7. The fourth-order valence-electron chi connectivity index (χ4n) is 2.12. The van der Waals surface area contributed by atoms with Crippen molar-refractivity contribution in [1.82, 2.24) is 15.6 Å².